The van der Waals surface area contributed by atoms with E-state index in [1.54, 1.807) is 6.08 Å². The van der Waals surface area contributed by atoms with Gasteiger partial charge in [-0.05, 0) is 31.4 Å². The van der Waals surface area contributed by atoms with E-state index in [4.69, 9.17) is 0 Å². The van der Waals surface area contributed by atoms with E-state index in [0.29, 0.717) is 0 Å². The zero-order valence-electron chi connectivity index (χ0n) is 9.95. The lowest BCUT2D eigenvalue weighted by Gasteiger charge is -2.22. The summed E-state index contributed by atoms with van der Waals surface area (Å²) in [5.41, 5.74) is 3.25. The van der Waals surface area contributed by atoms with E-state index in [-0.39, 0.29) is 5.54 Å². The number of benzene rings is 1. The number of rotatable bonds is 3. The first-order chi connectivity index (χ1) is 7.60. The molecule has 16 heavy (non-hydrogen) atoms. The molecule has 3 heteroatoms. The van der Waals surface area contributed by atoms with E-state index < -0.39 is 0 Å². The molecule has 3 nitrogen and oxygen atoms in total. The van der Waals surface area contributed by atoms with Crippen molar-refractivity contribution in [2.45, 2.75) is 25.3 Å². The Labute approximate surface area is 95.8 Å². The van der Waals surface area contributed by atoms with Crippen molar-refractivity contribution in [1.29, 1.82) is 0 Å². The summed E-state index contributed by atoms with van der Waals surface area (Å²) in [7, 11) is 4.03. The molecule has 1 aromatic rings. The maximum Gasteiger partial charge on any atom is 0.235 e. The van der Waals surface area contributed by atoms with Crippen LogP contribution in [-0.4, -0.2) is 20.2 Å². The Morgan fingerprint density at radius 3 is 2.56 bits per heavy atom. The molecule has 0 aromatic heterocycles. The van der Waals surface area contributed by atoms with Crippen LogP contribution in [0.3, 0.4) is 0 Å². The summed E-state index contributed by atoms with van der Waals surface area (Å²) in [6, 6.07) is 6.18. The molecule has 1 aliphatic rings. The van der Waals surface area contributed by atoms with Gasteiger partial charge in [0.25, 0.3) is 0 Å². The largest absolute Gasteiger partial charge is 0.377 e. The highest BCUT2D eigenvalue weighted by molar-refractivity contribution is 5.61. The second-order valence-electron chi connectivity index (χ2n) is 4.60. The van der Waals surface area contributed by atoms with Crippen LogP contribution < -0.4 is 4.90 Å². The standard InChI is InChI=1S/C13H16N2O/c1-10-5-4-6-11(15(2)3)12(10)13(7-8-13)14-9-16/h4-6H,7-8H2,1-3H3. The fourth-order valence-electron chi connectivity index (χ4n) is 2.25. The molecule has 0 spiro atoms. The van der Waals surface area contributed by atoms with Crippen LogP contribution in [0.5, 0.6) is 0 Å². The number of nitrogens with zero attached hydrogens (tertiary/aromatic N) is 2. The van der Waals surface area contributed by atoms with Gasteiger partial charge in [-0.15, -0.1) is 0 Å². The Morgan fingerprint density at radius 2 is 2.06 bits per heavy atom. The van der Waals surface area contributed by atoms with Crippen LogP contribution >= 0.6 is 0 Å². The minimum atomic E-state index is -0.285. The Bertz CT molecular complexity index is 455. The molecule has 1 fully saturated rings. The van der Waals surface area contributed by atoms with Crippen LogP contribution in [0.25, 0.3) is 0 Å². The summed E-state index contributed by atoms with van der Waals surface area (Å²) in [4.78, 5) is 16.6. The first-order valence-corrected chi connectivity index (χ1v) is 5.47. The summed E-state index contributed by atoms with van der Waals surface area (Å²) in [5, 5.41) is 0. The molecule has 0 N–H and O–H groups in total. The average molecular weight is 216 g/mol. The van der Waals surface area contributed by atoms with E-state index >= 15 is 0 Å². The van der Waals surface area contributed by atoms with Crippen LogP contribution in [0.1, 0.15) is 24.0 Å². The van der Waals surface area contributed by atoms with Crippen LogP contribution in [0.2, 0.25) is 0 Å². The van der Waals surface area contributed by atoms with Crippen LogP contribution in [0.4, 0.5) is 5.69 Å². The number of hydrogen-bond donors (Lipinski definition) is 0. The molecule has 1 saturated carbocycles. The molecule has 84 valence electrons. The van der Waals surface area contributed by atoms with Gasteiger partial charge in [-0.25, -0.2) is 4.79 Å². The highest BCUT2D eigenvalue weighted by Gasteiger charge is 2.47. The lowest BCUT2D eigenvalue weighted by atomic mass is 9.97. The second-order valence-corrected chi connectivity index (χ2v) is 4.60. The molecule has 0 bridgehead atoms. The third-order valence-electron chi connectivity index (χ3n) is 3.18. The summed E-state index contributed by atoms with van der Waals surface area (Å²) in [6.45, 7) is 2.07. The van der Waals surface area contributed by atoms with Crippen molar-refractivity contribution in [3.63, 3.8) is 0 Å². The lowest BCUT2D eigenvalue weighted by Crippen LogP contribution is -2.16. The van der Waals surface area contributed by atoms with Gasteiger partial charge in [0.15, 0.2) is 0 Å². The maximum absolute atomic E-state index is 10.5. The van der Waals surface area contributed by atoms with Gasteiger partial charge in [-0.1, -0.05) is 12.1 Å². The molecule has 1 aromatic carbocycles. The molecule has 0 atom stereocenters. The number of aryl methyl sites for hydroxylation is 1. The zero-order chi connectivity index (χ0) is 11.8. The molecule has 0 aliphatic heterocycles. The lowest BCUT2D eigenvalue weighted by molar-refractivity contribution is 0.556. The molecule has 0 radical (unpaired) electrons. The molecule has 2 rings (SSSR count). The van der Waals surface area contributed by atoms with Crippen molar-refractivity contribution < 1.29 is 4.79 Å². The number of aliphatic imine (C=N–C) groups is 1. The number of hydrogen-bond acceptors (Lipinski definition) is 3. The summed E-state index contributed by atoms with van der Waals surface area (Å²) in [5.74, 6) is 0. The molecule has 0 heterocycles. The highest BCUT2D eigenvalue weighted by Crippen LogP contribution is 2.53. The van der Waals surface area contributed by atoms with Gasteiger partial charge in [0.05, 0.1) is 0 Å². The van der Waals surface area contributed by atoms with Crippen LogP contribution in [0.15, 0.2) is 23.2 Å². The summed E-state index contributed by atoms with van der Waals surface area (Å²) >= 11 is 0. The normalized spacial score (nSPS) is 16.4. The van der Waals surface area contributed by atoms with Gasteiger partial charge >= 0.3 is 0 Å². The fraction of sp³-hybridized carbons (Fsp3) is 0.462. The van der Waals surface area contributed by atoms with Gasteiger partial charge in [0, 0.05) is 25.3 Å². The van der Waals surface area contributed by atoms with Crippen molar-refractivity contribution in [3.05, 3.63) is 29.3 Å². The molecule has 0 unspecified atom stereocenters. The summed E-state index contributed by atoms with van der Waals surface area (Å²) in [6.07, 6.45) is 3.62. The topological polar surface area (TPSA) is 32.7 Å². The Kier molecular flexibility index (Phi) is 2.56. The van der Waals surface area contributed by atoms with Crippen molar-refractivity contribution in [2.24, 2.45) is 4.99 Å². The van der Waals surface area contributed by atoms with Crippen molar-refractivity contribution in [2.75, 3.05) is 19.0 Å². The highest BCUT2D eigenvalue weighted by atomic mass is 16.1. The monoisotopic (exact) mass is 216 g/mol. The molecular formula is C13H16N2O. The van der Waals surface area contributed by atoms with Crippen LogP contribution in [-0.2, 0) is 10.3 Å². The van der Waals surface area contributed by atoms with E-state index in [2.05, 4.69) is 28.9 Å². The molecule has 0 saturated heterocycles. The SMILES string of the molecule is Cc1cccc(N(C)C)c1C1(N=C=O)CC1. The second kappa shape index (κ2) is 3.76. The van der Waals surface area contributed by atoms with Crippen molar-refractivity contribution in [3.8, 4) is 0 Å². The van der Waals surface area contributed by atoms with Gasteiger partial charge < -0.3 is 4.90 Å². The third kappa shape index (κ3) is 1.63. The smallest absolute Gasteiger partial charge is 0.235 e. The predicted molar refractivity (Wildman–Crippen MR) is 64.5 cm³/mol. The Hall–Kier alpha value is -1.60. The Morgan fingerprint density at radius 1 is 1.38 bits per heavy atom. The maximum atomic E-state index is 10.5. The quantitative estimate of drug-likeness (QED) is 0.574. The Balaban J connectivity index is 2.59. The number of isocyanates is 1. The predicted octanol–water partition coefficient (Wildman–Crippen LogP) is 2.39. The first kappa shape index (κ1) is 10.9. The van der Waals surface area contributed by atoms with E-state index in [1.807, 2.05) is 20.2 Å². The van der Waals surface area contributed by atoms with E-state index in [9.17, 15) is 4.79 Å². The minimum absolute atomic E-state index is 0.285. The number of anilines is 1. The zero-order valence-corrected chi connectivity index (χ0v) is 9.95. The van der Waals surface area contributed by atoms with Gasteiger partial charge in [0.2, 0.25) is 6.08 Å². The van der Waals surface area contributed by atoms with Gasteiger partial charge in [0.1, 0.15) is 5.54 Å². The molecule has 0 amide bonds. The fourth-order valence-corrected chi connectivity index (χ4v) is 2.25. The molecule has 1 aliphatic carbocycles. The average Bonchev–Trinajstić information content (AvgIpc) is 2.98. The molecular weight excluding hydrogens is 200 g/mol. The number of carbonyl (C=O) groups excluding carboxylic acids is 1. The van der Waals surface area contributed by atoms with Crippen molar-refractivity contribution >= 4 is 11.8 Å². The summed E-state index contributed by atoms with van der Waals surface area (Å²) < 4.78 is 0. The third-order valence-corrected chi connectivity index (χ3v) is 3.18. The van der Waals surface area contributed by atoms with E-state index in [0.717, 1.165) is 18.5 Å². The van der Waals surface area contributed by atoms with Gasteiger partial charge in [-0.3, -0.25) is 0 Å². The van der Waals surface area contributed by atoms with E-state index in [1.165, 1.54) is 11.1 Å². The first-order valence-electron chi connectivity index (χ1n) is 5.47. The van der Waals surface area contributed by atoms with Gasteiger partial charge in [-0.2, -0.15) is 4.99 Å². The van der Waals surface area contributed by atoms with Crippen molar-refractivity contribution in [1.82, 2.24) is 0 Å². The van der Waals surface area contributed by atoms with Crippen LogP contribution in [0, 0.1) is 6.92 Å². The minimum Gasteiger partial charge on any atom is -0.377 e.